The number of nitrogen functional groups attached to an aromatic ring is 1. The van der Waals surface area contributed by atoms with Gasteiger partial charge in [0.15, 0.2) is 34.7 Å². The molecule has 0 aromatic carbocycles. The number of fused-ring (bicyclic) bond motifs is 8. The lowest BCUT2D eigenvalue weighted by molar-refractivity contribution is 0.0764. The number of aryl methyl sites for hydroxylation is 4. The van der Waals surface area contributed by atoms with Gasteiger partial charge < -0.3 is 57.2 Å². The van der Waals surface area contributed by atoms with Gasteiger partial charge >= 0.3 is 0 Å². The van der Waals surface area contributed by atoms with Crippen molar-refractivity contribution < 1.29 is 33.4 Å². The lowest BCUT2D eigenvalue weighted by Crippen LogP contribution is -2.54. The van der Waals surface area contributed by atoms with Crippen LogP contribution in [0.4, 0.5) is 28.8 Å². The maximum Gasteiger partial charge on any atom is 0.276 e. The van der Waals surface area contributed by atoms with Crippen LogP contribution >= 0.6 is 47.8 Å². The van der Waals surface area contributed by atoms with Gasteiger partial charge in [0.05, 0.1) is 60.3 Å². The molecule has 36 nitrogen and oxygen atoms in total. The summed E-state index contributed by atoms with van der Waals surface area (Å²) in [5.74, 6) is 1.63. The molecule has 8 aliphatic heterocycles. The minimum atomic E-state index is -0.778. The monoisotopic (exact) mass is 1700 g/mol. The first kappa shape index (κ1) is 81.5. The van der Waals surface area contributed by atoms with E-state index in [1.807, 2.05) is 34.6 Å². The van der Waals surface area contributed by atoms with E-state index in [1.165, 1.54) is 58.9 Å². The molecule has 110 heavy (non-hydrogen) atoms. The van der Waals surface area contributed by atoms with E-state index in [0.717, 1.165) is 37.1 Å². The van der Waals surface area contributed by atoms with Crippen LogP contribution in [0.3, 0.4) is 0 Å². The first-order chi connectivity index (χ1) is 52.8. The third-order valence-electron chi connectivity index (χ3n) is 20.0. The molecule has 0 atom stereocenters. The van der Waals surface area contributed by atoms with Gasteiger partial charge in [-0.2, -0.15) is 5.26 Å². The molecule has 4 amide bonds. The zero-order chi connectivity index (χ0) is 79.4. The van der Waals surface area contributed by atoms with Gasteiger partial charge in [-0.3, -0.25) is 71.2 Å². The van der Waals surface area contributed by atoms with Crippen LogP contribution in [0.15, 0.2) is 90.0 Å². The molecule has 0 bridgehead atoms. The Hall–Kier alpha value is -11.0. The maximum absolute atomic E-state index is 13.4. The number of alkyl halides is 1. The topological polar surface area (TPSA) is 418 Å². The molecule has 7 aromatic heterocycles. The molecule has 8 aliphatic rings. The summed E-state index contributed by atoms with van der Waals surface area (Å²) in [7, 11) is 4.52. The Balaban J connectivity index is 0.000000150. The Kier molecular flexibility index (Phi) is 26.0. The van der Waals surface area contributed by atoms with Crippen molar-refractivity contribution in [3.8, 4) is 23.3 Å². The van der Waals surface area contributed by atoms with Crippen molar-refractivity contribution in [2.75, 3.05) is 115 Å². The fraction of sp³-hybridized carbons (Fsp3) is 0.437. The number of nitriles is 1. The fourth-order valence-electron chi connectivity index (χ4n) is 14.7. The minimum Gasteiger partial charge on any atom is -0.491 e. The fourth-order valence-corrected chi connectivity index (χ4v) is 15.8. The summed E-state index contributed by atoms with van der Waals surface area (Å²) in [4.78, 5) is 141. The number of pyridine rings is 4. The summed E-state index contributed by atoms with van der Waals surface area (Å²) in [6.45, 7) is 34.9. The van der Waals surface area contributed by atoms with Gasteiger partial charge in [0.1, 0.15) is 75.8 Å². The summed E-state index contributed by atoms with van der Waals surface area (Å²) < 4.78 is 22.7. The van der Waals surface area contributed by atoms with Crippen molar-refractivity contribution in [1.82, 2.24) is 89.5 Å². The van der Waals surface area contributed by atoms with Gasteiger partial charge in [0, 0.05) is 90.6 Å². The summed E-state index contributed by atoms with van der Waals surface area (Å²) in [6, 6.07) is 8.57. The molecule has 15 heterocycles. The van der Waals surface area contributed by atoms with Crippen LogP contribution in [-0.4, -0.2) is 186 Å². The average Bonchev–Trinajstić information content (AvgIpc) is 1.59. The highest BCUT2D eigenvalue weighted by molar-refractivity contribution is 9.10. The molecule has 4 spiro atoms. The summed E-state index contributed by atoms with van der Waals surface area (Å²) in [5, 5.41) is 29.4. The number of piperidine rings is 4. The summed E-state index contributed by atoms with van der Waals surface area (Å²) >= 11 is 9.45. The highest BCUT2D eigenvalue weighted by Crippen LogP contribution is 2.39. The molecule has 4 saturated heterocycles. The van der Waals surface area contributed by atoms with E-state index in [2.05, 4.69) is 129 Å². The van der Waals surface area contributed by atoms with E-state index in [1.54, 1.807) is 56.4 Å². The smallest absolute Gasteiger partial charge is 0.276 e. The number of nitrogens with zero attached hydrogens (tertiary/aromatic N) is 17. The lowest BCUT2D eigenvalue weighted by Gasteiger charge is -2.38. The molecule has 4 fully saturated rings. The van der Waals surface area contributed by atoms with Crippen LogP contribution in [0.5, 0.6) is 17.2 Å². The van der Waals surface area contributed by atoms with Gasteiger partial charge in [-0.05, 0) is 119 Å². The molecule has 15 rings (SSSR count). The number of carbonyl (C=O) groups excluding carboxylic acids is 4. The quantitative estimate of drug-likeness (QED) is 0.0652. The third-order valence-corrected chi connectivity index (χ3v) is 21.4. The number of amides is 4. The van der Waals surface area contributed by atoms with Crippen molar-refractivity contribution in [3.63, 3.8) is 0 Å². The van der Waals surface area contributed by atoms with Crippen molar-refractivity contribution in [1.29, 1.82) is 5.26 Å². The number of anilines is 5. The first-order valence-electron chi connectivity index (χ1n) is 34.6. The molecular formula is C71H80Br3N25O11. The number of hydrogen-bond acceptors (Lipinski definition) is 25. The van der Waals surface area contributed by atoms with Crippen LogP contribution in [-0.2, 0) is 22.7 Å². The number of hydrogen-bond donors (Lipinski definition) is 8. The molecule has 0 aliphatic carbocycles. The Labute approximate surface area is 656 Å². The van der Waals surface area contributed by atoms with Gasteiger partial charge in [-0.1, -0.05) is 15.9 Å². The lowest BCUT2D eigenvalue weighted by atomic mass is 9.97. The van der Waals surface area contributed by atoms with Crippen LogP contribution < -0.4 is 79.4 Å². The SMILES string of the molecule is COc1cncnc1N.Cc1cc(Br)c(=O)n2c1C(=O)NC21CCNCC1.N#CCBr.[C-]#[N+]CN1CCC2(CC1)NC(=O)c1c(C)cc(Br)c(=O)n12.[C-]#[N+]CN1CCC2(CC1)NC(=O)c1c(C)cc(Nc3ncncc3OC)c(=O)n12.[C-]#[N+]CN1CCC2(CC1)NC(=O)c1c(C)cc(Nc3ncncc3OC)c(=O)n12. The van der Waals surface area contributed by atoms with Crippen molar-refractivity contribution in [2.45, 2.75) is 102 Å². The summed E-state index contributed by atoms with van der Waals surface area (Å²) in [6.07, 6.45) is 13.6. The predicted octanol–water partition coefficient (Wildman–Crippen LogP) is 5.09. The number of nitrogens with one attached hydrogen (secondary N) is 7. The van der Waals surface area contributed by atoms with Crippen LogP contribution in [0, 0.1) is 58.7 Å². The molecule has 7 aromatic rings. The second-order valence-electron chi connectivity index (χ2n) is 26.6. The second kappa shape index (κ2) is 35.1. The van der Waals surface area contributed by atoms with E-state index in [4.69, 9.17) is 44.9 Å². The summed E-state index contributed by atoms with van der Waals surface area (Å²) in [5.41, 5.74) is 7.06. The van der Waals surface area contributed by atoms with Crippen molar-refractivity contribution in [3.05, 3.63) is 191 Å². The van der Waals surface area contributed by atoms with Crippen LogP contribution in [0.1, 0.15) is 116 Å². The minimum absolute atomic E-state index is 0.129. The van der Waals surface area contributed by atoms with Crippen molar-refractivity contribution >= 4 is 100 Å². The Bertz CT molecular complexity index is 4960. The number of halogens is 3. The molecule has 0 radical (unpaired) electrons. The molecular weight excluding hydrogens is 1620 g/mol. The van der Waals surface area contributed by atoms with E-state index in [-0.39, 0.29) is 45.9 Å². The normalized spacial score (nSPS) is 17.4. The number of aromatic nitrogens is 10. The zero-order valence-corrected chi connectivity index (χ0v) is 66.0. The molecule has 39 heteroatoms. The Morgan fingerprint density at radius 2 is 0.782 bits per heavy atom. The van der Waals surface area contributed by atoms with E-state index in [9.17, 15) is 38.4 Å². The highest BCUT2D eigenvalue weighted by Gasteiger charge is 2.51. The number of likely N-dealkylation sites (tertiary alicyclic amines) is 3. The van der Waals surface area contributed by atoms with E-state index < -0.39 is 22.7 Å². The number of methoxy groups -OCH3 is 3. The average molecular weight is 1700 g/mol. The standard InChI is InChI=1S/2C19H21N7O3.C14H15BrN4O2.C12H14BrN3O2.C5H7N3O.C2H2BrN/c2*1-12-8-13(23-16-14(29-3)9-21-10-22-16)18(28)26-15(12)17(27)24-19(26)4-6-25(7-5-19)11-20-2;1-9-7-10(15)13(21)19-11(9)12(20)17-14(19)3-5-18(6-4-14)8-16-2;1-7-6-8(13)11(18)16-9(7)10(17)15-12(16)2-4-14-5-3-12;1-9-4-2-7-3-8-5(4)6;3-1-2-4/h2*8-10H,4-7,11H2,1,3H3,(H,24,27)(H,21,22,23);7H,3-6,8H2,1H3,(H,17,20);6,14H,2-5H2,1H3,(H,15,17);2-3H,1H3,(H2,6,7,8);1H2. The van der Waals surface area contributed by atoms with Crippen molar-refractivity contribution in [2.24, 2.45) is 0 Å². The van der Waals surface area contributed by atoms with Crippen LogP contribution in [0.25, 0.3) is 14.5 Å². The van der Waals surface area contributed by atoms with Gasteiger partial charge in [-0.25, -0.2) is 64.3 Å². The van der Waals surface area contributed by atoms with Gasteiger partial charge in [-0.15, -0.1) is 0 Å². The number of nitrogens with two attached hydrogens (primary N) is 1. The largest absolute Gasteiger partial charge is 0.491 e. The maximum atomic E-state index is 13.4. The number of carbonyl (C=O) groups is 4. The van der Waals surface area contributed by atoms with E-state index in [0.29, 0.717) is 192 Å². The van der Waals surface area contributed by atoms with Gasteiger partial charge in [0.2, 0.25) is 0 Å². The predicted molar refractivity (Wildman–Crippen MR) is 414 cm³/mol. The third kappa shape index (κ3) is 16.6. The molecule has 0 saturated carbocycles. The van der Waals surface area contributed by atoms with Gasteiger partial charge in [0.25, 0.3) is 65.9 Å². The van der Waals surface area contributed by atoms with E-state index >= 15 is 0 Å². The first-order valence-corrected chi connectivity index (χ1v) is 37.3. The second-order valence-corrected chi connectivity index (χ2v) is 28.9. The zero-order valence-electron chi connectivity index (χ0n) is 61.2. The molecule has 9 N–H and O–H groups in total. The highest BCUT2D eigenvalue weighted by atomic mass is 79.9. The van der Waals surface area contributed by atoms with Crippen LogP contribution in [0.2, 0.25) is 0 Å². The Morgan fingerprint density at radius 3 is 1.07 bits per heavy atom. The number of ether oxygens (including phenoxy) is 3. The molecule has 0 unspecified atom stereocenters. The molecule has 576 valence electrons. The Morgan fingerprint density at radius 1 is 0.491 bits per heavy atom. The number of rotatable bonds is 10.